The molecule has 0 atom stereocenters. The first-order valence-corrected chi connectivity index (χ1v) is 13.2. The molecule has 0 amide bonds. The molecule has 3 aromatic heterocycles. The van der Waals surface area contributed by atoms with Gasteiger partial charge in [0.25, 0.3) is 5.56 Å². The Morgan fingerprint density at radius 1 is 0.944 bits per heavy atom. The fraction of sp³-hybridized carbons (Fsp3) is 0.519. The highest BCUT2D eigenvalue weighted by atomic mass is 16.1. The van der Waals surface area contributed by atoms with Crippen molar-refractivity contribution in [3.8, 4) is 0 Å². The molecule has 4 rings (SSSR count). The molecule has 0 radical (unpaired) electrons. The highest BCUT2D eigenvalue weighted by Crippen LogP contribution is 2.16. The van der Waals surface area contributed by atoms with Gasteiger partial charge in [0.1, 0.15) is 11.6 Å². The van der Waals surface area contributed by atoms with Crippen molar-refractivity contribution in [3.05, 3.63) is 70.6 Å². The normalized spacial score (nSPS) is 11.9. The van der Waals surface area contributed by atoms with Gasteiger partial charge in [0.2, 0.25) is 0 Å². The van der Waals surface area contributed by atoms with E-state index in [0.29, 0.717) is 13.1 Å². The van der Waals surface area contributed by atoms with Crippen molar-refractivity contribution in [1.29, 1.82) is 0 Å². The second-order valence-corrected chi connectivity index (χ2v) is 9.63. The molecule has 0 aliphatic heterocycles. The highest BCUT2D eigenvalue weighted by Gasteiger charge is 2.14. The molecular weight excluding hydrogens is 452 g/mol. The third-order valence-electron chi connectivity index (χ3n) is 6.62. The second-order valence-electron chi connectivity index (χ2n) is 9.63. The number of hydrogen-bond donors (Lipinski definition) is 2. The van der Waals surface area contributed by atoms with Gasteiger partial charge in [-0.25, -0.2) is 9.97 Å². The molecule has 0 unspecified atom stereocenters. The number of aromatic amines is 2. The predicted molar refractivity (Wildman–Crippen MR) is 144 cm³/mol. The van der Waals surface area contributed by atoms with E-state index in [2.05, 4.69) is 55.8 Å². The SMILES string of the molecule is CCCN(CCC)CCCCn1[nH]c2cc(CN(Cc3ncc[nH]3)Cc3nccn3C)ccc2c1=O. The van der Waals surface area contributed by atoms with E-state index in [1.54, 1.807) is 10.9 Å². The van der Waals surface area contributed by atoms with E-state index in [-0.39, 0.29) is 5.56 Å². The van der Waals surface area contributed by atoms with E-state index in [1.165, 1.54) is 12.8 Å². The standard InChI is InChI=1S/C27H40N8O/c1-4-13-33(14-5-2)15-6-7-16-35-27(36)23-9-8-22(18-24(23)31-35)19-34(20-25-28-10-11-29-25)21-26-30-12-17-32(26)3/h8-12,17-18,31H,4-7,13-16,19-21H2,1-3H3,(H,28,29). The minimum Gasteiger partial charge on any atom is -0.348 e. The lowest BCUT2D eigenvalue weighted by molar-refractivity contribution is 0.233. The van der Waals surface area contributed by atoms with Crippen molar-refractivity contribution in [3.63, 3.8) is 0 Å². The quantitative estimate of drug-likeness (QED) is 0.246. The Labute approximate surface area is 213 Å². The predicted octanol–water partition coefficient (Wildman–Crippen LogP) is 3.89. The van der Waals surface area contributed by atoms with Gasteiger partial charge >= 0.3 is 0 Å². The molecule has 9 heteroatoms. The lowest BCUT2D eigenvalue weighted by Gasteiger charge is -2.21. The number of imidazole rings is 2. The molecule has 0 spiro atoms. The Hall–Kier alpha value is -3.17. The monoisotopic (exact) mass is 492 g/mol. The summed E-state index contributed by atoms with van der Waals surface area (Å²) in [7, 11) is 2.01. The van der Waals surface area contributed by atoms with Crippen molar-refractivity contribution < 1.29 is 0 Å². The van der Waals surface area contributed by atoms with Crippen molar-refractivity contribution in [2.45, 2.75) is 65.7 Å². The molecule has 0 bridgehead atoms. The van der Waals surface area contributed by atoms with Crippen molar-refractivity contribution in [1.82, 2.24) is 39.1 Å². The van der Waals surface area contributed by atoms with Gasteiger partial charge in [-0.3, -0.25) is 19.5 Å². The van der Waals surface area contributed by atoms with Crippen LogP contribution in [0.25, 0.3) is 10.9 Å². The Kier molecular flexibility index (Phi) is 9.13. The minimum absolute atomic E-state index is 0.0657. The molecule has 9 nitrogen and oxygen atoms in total. The Morgan fingerprint density at radius 2 is 1.78 bits per heavy atom. The van der Waals surface area contributed by atoms with Gasteiger partial charge in [0.05, 0.1) is 24.0 Å². The number of unbranched alkanes of at least 4 members (excludes halogenated alkanes) is 1. The third kappa shape index (κ3) is 6.73. The van der Waals surface area contributed by atoms with Gasteiger partial charge < -0.3 is 14.5 Å². The summed E-state index contributed by atoms with van der Waals surface area (Å²) in [6.45, 7) is 10.7. The molecule has 0 fully saturated rings. The topological polar surface area (TPSA) is 90.8 Å². The van der Waals surface area contributed by atoms with Crippen LogP contribution in [-0.2, 0) is 33.2 Å². The zero-order valence-corrected chi connectivity index (χ0v) is 21.9. The van der Waals surface area contributed by atoms with E-state index in [1.807, 2.05) is 36.3 Å². The molecule has 0 aliphatic carbocycles. The molecule has 36 heavy (non-hydrogen) atoms. The number of nitrogens with zero attached hydrogens (tertiary/aromatic N) is 6. The van der Waals surface area contributed by atoms with E-state index in [0.717, 1.165) is 73.7 Å². The fourth-order valence-corrected chi connectivity index (χ4v) is 4.81. The summed E-state index contributed by atoms with van der Waals surface area (Å²) in [5.41, 5.74) is 2.11. The maximum atomic E-state index is 12.9. The second kappa shape index (κ2) is 12.7. The Morgan fingerprint density at radius 3 is 2.47 bits per heavy atom. The maximum absolute atomic E-state index is 12.9. The van der Waals surface area contributed by atoms with Crippen LogP contribution in [0.5, 0.6) is 0 Å². The molecule has 4 aromatic rings. The number of rotatable bonds is 15. The number of aryl methyl sites for hydroxylation is 2. The summed E-state index contributed by atoms with van der Waals surface area (Å²) in [6.07, 6.45) is 11.9. The van der Waals surface area contributed by atoms with Crippen LogP contribution in [0.1, 0.15) is 56.7 Å². The summed E-state index contributed by atoms with van der Waals surface area (Å²) in [4.78, 5) is 29.9. The third-order valence-corrected chi connectivity index (χ3v) is 6.62. The number of benzene rings is 1. The van der Waals surface area contributed by atoms with Crippen LogP contribution >= 0.6 is 0 Å². The van der Waals surface area contributed by atoms with E-state index < -0.39 is 0 Å². The molecule has 0 saturated heterocycles. The summed E-state index contributed by atoms with van der Waals surface area (Å²) < 4.78 is 3.81. The molecule has 3 heterocycles. The van der Waals surface area contributed by atoms with E-state index in [9.17, 15) is 4.79 Å². The molecule has 0 aliphatic rings. The molecule has 2 N–H and O–H groups in total. The first-order valence-electron chi connectivity index (χ1n) is 13.2. The zero-order valence-electron chi connectivity index (χ0n) is 21.9. The van der Waals surface area contributed by atoms with Crippen molar-refractivity contribution >= 4 is 10.9 Å². The Balaban J connectivity index is 1.42. The van der Waals surface area contributed by atoms with Crippen LogP contribution in [0.15, 0.2) is 47.8 Å². The molecule has 194 valence electrons. The number of nitrogens with one attached hydrogen (secondary N) is 2. The van der Waals surface area contributed by atoms with Gasteiger partial charge in [0.15, 0.2) is 0 Å². The smallest absolute Gasteiger partial charge is 0.274 e. The molecular formula is C27H40N8O. The van der Waals surface area contributed by atoms with Crippen LogP contribution in [-0.4, -0.2) is 58.7 Å². The lowest BCUT2D eigenvalue weighted by Crippen LogP contribution is -2.27. The van der Waals surface area contributed by atoms with Crippen LogP contribution < -0.4 is 5.56 Å². The van der Waals surface area contributed by atoms with Crippen LogP contribution in [0, 0.1) is 0 Å². The Bertz CT molecular complexity index is 1250. The minimum atomic E-state index is 0.0657. The zero-order chi connectivity index (χ0) is 25.3. The van der Waals surface area contributed by atoms with Gasteiger partial charge in [-0.15, -0.1) is 0 Å². The van der Waals surface area contributed by atoms with Crippen LogP contribution in [0.2, 0.25) is 0 Å². The number of hydrogen-bond acceptors (Lipinski definition) is 5. The van der Waals surface area contributed by atoms with Crippen molar-refractivity contribution in [2.75, 3.05) is 19.6 Å². The first-order chi connectivity index (χ1) is 17.6. The fourth-order valence-electron chi connectivity index (χ4n) is 4.81. The number of fused-ring (bicyclic) bond motifs is 1. The highest BCUT2D eigenvalue weighted by molar-refractivity contribution is 5.78. The van der Waals surface area contributed by atoms with E-state index >= 15 is 0 Å². The molecule has 1 aromatic carbocycles. The molecule has 0 saturated carbocycles. The number of aromatic nitrogens is 6. The van der Waals surface area contributed by atoms with Crippen LogP contribution in [0.3, 0.4) is 0 Å². The first kappa shape index (κ1) is 25.9. The number of H-pyrrole nitrogens is 2. The lowest BCUT2D eigenvalue weighted by atomic mass is 10.1. The largest absolute Gasteiger partial charge is 0.348 e. The summed E-state index contributed by atoms with van der Waals surface area (Å²) in [5, 5.41) is 4.10. The van der Waals surface area contributed by atoms with Gasteiger partial charge in [-0.2, -0.15) is 0 Å². The van der Waals surface area contributed by atoms with E-state index in [4.69, 9.17) is 0 Å². The summed E-state index contributed by atoms with van der Waals surface area (Å²) >= 11 is 0. The van der Waals surface area contributed by atoms with Gasteiger partial charge in [-0.1, -0.05) is 19.9 Å². The average Bonchev–Trinajstić information content (AvgIpc) is 3.59. The van der Waals surface area contributed by atoms with Gasteiger partial charge in [0, 0.05) is 44.9 Å². The average molecular weight is 493 g/mol. The summed E-state index contributed by atoms with van der Waals surface area (Å²) in [5.74, 6) is 1.92. The maximum Gasteiger partial charge on any atom is 0.274 e. The van der Waals surface area contributed by atoms with Crippen LogP contribution in [0.4, 0.5) is 0 Å². The summed E-state index contributed by atoms with van der Waals surface area (Å²) in [6, 6.07) is 6.12. The van der Waals surface area contributed by atoms with Crippen molar-refractivity contribution in [2.24, 2.45) is 7.05 Å². The van der Waals surface area contributed by atoms with Gasteiger partial charge in [-0.05, 0) is 63.0 Å².